The van der Waals surface area contributed by atoms with Crippen LogP contribution in [-0.4, -0.2) is 0 Å². The number of hydrogen-bond donors (Lipinski definition) is 0. The highest BCUT2D eigenvalue weighted by Gasteiger charge is 2.03. The summed E-state index contributed by atoms with van der Waals surface area (Å²) in [6, 6.07) is 13.1. The highest BCUT2D eigenvalue weighted by atomic mass is 35.5. The number of benzene rings is 2. The van der Waals surface area contributed by atoms with Crippen LogP contribution in [0.5, 0.6) is 0 Å². The van der Waals surface area contributed by atoms with Crippen molar-refractivity contribution in [2.45, 2.75) is 19.8 Å². The van der Waals surface area contributed by atoms with Gasteiger partial charge in [0.1, 0.15) is 5.82 Å². The van der Waals surface area contributed by atoms with Crippen molar-refractivity contribution in [2.24, 2.45) is 0 Å². The van der Waals surface area contributed by atoms with Crippen molar-refractivity contribution in [2.75, 3.05) is 0 Å². The Morgan fingerprint density at radius 3 is 2.24 bits per heavy atom. The zero-order valence-corrected chi connectivity index (χ0v) is 10.5. The average Bonchev–Trinajstić information content (AvgIpc) is 2.34. The van der Waals surface area contributed by atoms with Crippen LogP contribution in [0.2, 0.25) is 5.02 Å². The van der Waals surface area contributed by atoms with Gasteiger partial charge in [-0.3, -0.25) is 0 Å². The zero-order chi connectivity index (χ0) is 12.3. The molecule has 2 rings (SSSR count). The van der Waals surface area contributed by atoms with Gasteiger partial charge in [0, 0.05) is 0 Å². The summed E-state index contributed by atoms with van der Waals surface area (Å²) in [5.41, 5.74) is 3.18. The third-order valence-electron chi connectivity index (χ3n) is 2.75. The van der Waals surface area contributed by atoms with Gasteiger partial charge in [-0.1, -0.05) is 55.3 Å². The maximum Gasteiger partial charge on any atom is 0.142 e. The lowest BCUT2D eigenvalue weighted by molar-refractivity contribution is 0.629. The molecule has 0 unspecified atom stereocenters. The van der Waals surface area contributed by atoms with Gasteiger partial charge in [-0.25, -0.2) is 4.39 Å². The molecule has 0 radical (unpaired) electrons. The van der Waals surface area contributed by atoms with E-state index in [9.17, 15) is 4.39 Å². The van der Waals surface area contributed by atoms with Crippen molar-refractivity contribution in [3.8, 4) is 11.1 Å². The van der Waals surface area contributed by atoms with Gasteiger partial charge < -0.3 is 0 Å². The molecular weight excluding hydrogens is 235 g/mol. The Morgan fingerprint density at radius 1 is 1.00 bits per heavy atom. The SMILES string of the molecule is CCCc1ccc(-c2ccc(Cl)c(F)c2)cc1. The Morgan fingerprint density at radius 2 is 1.65 bits per heavy atom. The van der Waals surface area contributed by atoms with Crippen molar-refractivity contribution in [3.63, 3.8) is 0 Å². The smallest absolute Gasteiger partial charge is 0.142 e. The lowest BCUT2D eigenvalue weighted by atomic mass is 10.0. The van der Waals surface area contributed by atoms with Crippen LogP contribution in [0.15, 0.2) is 42.5 Å². The highest BCUT2D eigenvalue weighted by Crippen LogP contribution is 2.24. The minimum Gasteiger partial charge on any atom is -0.205 e. The van der Waals surface area contributed by atoms with Crippen molar-refractivity contribution in [1.82, 2.24) is 0 Å². The van der Waals surface area contributed by atoms with Gasteiger partial charge in [0.25, 0.3) is 0 Å². The molecule has 0 saturated carbocycles. The van der Waals surface area contributed by atoms with E-state index in [1.165, 1.54) is 11.6 Å². The summed E-state index contributed by atoms with van der Waals surface area (Å²) in [7, 11) is 0. The molecular formula is C15H14ClF. The molecule has 0 bridgehead atoms. The van der Waals surface area contributed by atoms with Crippen LogP contribution in [0.25, 0.3) is 11.1 Å². The van der Waals surface area contributed by atoms with Crippen molar-refractivity contribution < 1.29 is 4.39 Å². The van der Waals surface area contributed by atoms with Gasteiger partial charge >= 0.3 is 0 Å². The highest BCUT2D eigenvalue weighted by molar-refractivity contribution is 6.30. The summed E-state index contributed by atoms with van der Waals surface area (Å²) >= 11 is 5.66. The maximum atomic E-state index is 13.3. The Labute approximate surface area is 106 Å². The molecule has 2 aromatic carbocycles. The lowest BCUT2D eigenvalue weighted by Crippen LogP contribution is -1.85. The number of hydrogen-bond acceptors (Lipinski definition) is 0. The van der Waals surface area contributed by atoms with Crippen molar-refractivity contribution in [1.29, 1.82) is 0 Å². The van der Waals surface area contributed by atoms with E-state index in [1.54, 1.807) is 6.07 Å². The van der Waals surface area contributed by atoms with E-state index >= 15 is 0 Å². The molecule has 2 aromatic rings. The fourth-order valence-electron chi connectivity index (χ4n) is 1.83. The van der Waals surface area contributed by atoms with Gasteiger partial charge in [0.15, 0.2) is 0 Å². The quantitative estimate of drug-likeness (QED) is 0.709. The second-order valence-electron chi connectivity index (χ2n) is 4.08. The summed E-state index contributed by atoms with van der Waals surface area (Å²) in [6.45, 7) is 2.16. The fraction of sp³-hybridized carbons (Fsp3) is 0.200. The van der Waals surface area contributed by atoms with Gasteiger partial charge in [-0.15, -0.1) is 0 Å². The van der Waals surface area contributed by atoms with Crippen LogP contribution < -0.4 is 0 Å². The predicted molar refractivity (Wildman–Crippen MR) is 70.8 cm³/mol. The minimum atomic E-state index is -0.373. The monoisotopic (exact) mass is 248 g/mol. The molecule has 2 heteroatoms. The zero-order valence-electron chi connectivity index (χ0n) is 9.71. The van der Waals surface area contributed by atoms with E-state index in [2.05, 4.69) is 19.1 Å². The molecule has 0 fully saturated rings. The van der Waals surface area contributed by atoms with E-state index in [4.69, 9.17) is 11.6 Å². The van der Waals surface area contributed by atoms with Crippen molar-refractivity contribution >= 4 is 11.6 Å². The molecule has 17 heavy (non-hydrogen) atoms. The standard InChI is InChI=1S/C15H14ClF/c1-2-3-11-4-6-12(7-5-11)13-8-9-14(16)15(17)10-13/h4-10H,2-3H2,1H3. The number of halogens is 2. The summed E-state index contributed by atoms with van der Waals surface area (Å²) < 4.78 is 13.3. The first-order chi connectivity index (χ1) is 8.20. The summed E-state index contributed by atoms with van der Waals surface area (Å²) in [5, 5.41) is 0.163. The molecule has 0 heterocycles. The Hall–Kier alpha value is -1.34. The summed E-state index contributed by atoms with van der Waals surface area (Å²) in [4.78, 5) is 0. The topological polar surface area (TPSA) is 0 Å². The molecule has 0 aromatic heterocycles. The van der Waals surface area contributed by atoms with Crippen LogP contribution in [0.4, 0.5) is 4.39 Å². The van der Waals surface area contributed by atoms with Crippen LogP contribution >= 0.6 is 11.6 Å². The molecule has 0 amide bonds. The lowest BCUT2D eigenvalue weighted by Gasteiger charge is -2.04. The van der Waals surface area contributed by atoms with Crippen LogP contribution in [0, 0.1) is 5.82 Å². The van der Waals surface area contributed by atoms with Gasteiger partial charge in [0.2, 0.25) is 0 Å². The summed E-state index contributed by atoms with van der Waals surface area (Å²) in [6.07, 6.45) is 2.21. The van der Waals surface area contributed by atoms with E-state index < -0.39 is 0 Å². The Bertz CT molecular complexity index is 503. The minimum absolute atomic E-state index is 0.163. The molecule has 0 aliphatic heterocycles. The van der Waals surface area contributed by atoms with Gasteiger partial charge in [-0.05, 0) is 35.2 Å². The fourth-order valence-corrected chi connectivity index (χ4v) is 1.95. The maximum absolute atomic E-state index is 13.3. The first-order valence-corrected chi connectivity index (χ1v) is 6.13. The Balaban J connectivity index is 2.30. The second-order valence-corrected chi connectivity index (χ2v) is 4.48. The molecule has 88 valence electrons. The predicted octanol–water partition coefficient (Wildman–Crippen LogP) is 5.10. The number of rotatable bonds is 3. The van der Waals surface area contributed by atoms with Crippen LogP contribution in [-0.2, 0) is 6.42 Å². The molecule has 0 spiro atoms. The second kappa shape index (κ2) is 5.33. The molecule has 0 N–H and O–H groups in total. The largest absolute Gasteiger partial charge is 0.205 e. The third-order valence-corrected chi connectivity index (χ3v) is 3.05. The van der Waals surface area contributed by atoms with Crippen LogP contribution in [0.1, 0.15) is 18.9 Å². The van der Waals surface area contributed by atoms with E-state index in [0.29, 0.717) is 0 Å². The molecule has 0 atom stereocenters. The normalized spacial score (nSPS) is 10.5. The van der Waals surface area contributed by atoms with Gasteiger partial charge in [0.05, 0.1) is 5.02 Å². The first-order valence-electron chi connectivity index (χ1n) is 5.75. The molecule has 0 nitrogen and oxygen atoms in total. The molecule has 0 aliphatic carbocycles. The van der Waals surface area contributed by atoms with E-state index in [-0.39, 0.29) is 10.8 Å². The summed E-state index contributed by atoms with van der Waals surface area (Å²) in [5.74, 6) is -0.373. The van der Waals surface area contributed by atoms with Crippen LogP contribution in [0.3, 0.4) is 0 Å². The molecule has 0 aliphatic rings. The van der Waals surface area contributed by atoms with Crippen molar-refractivity contribution in [3.05, 3.63) is 58.9 Å². The van der Waals surface area contributed by atoms with E-state index in [0.717, 1.165) is 24.0 Å². The molecule has 0 saturated heterocycles. The first kappa shape index (κ1) is 12.1. The van der Waals surface area contributed by atoms with E-state index in [1.807, 2.05) is 18.2 Å². The average molecular weight is 249 g/mol. The number of aryl methyl sites for hydroxylation is 1. The third kappa shape index (κ3) is 2.86. The Kier molecular flexibility index (Phi) is 3.80. The van der Waals surface area contributed by atoms with Gasteiger partial charge in [-0.2, -0.15) is 0 Å².